The van der Waals surface area contributed by atoms with Crippen LogP contribution in [0.2, 0.25) is 0 Å². The zero-order valence-electron chi connectivity index (χ0n) is 19.6. The van der Waals surface area contributed by atoms with E-state index in [9.17, 15) is 9.59 Å². The lowest BCUT2D eigenvalue weighted by molar-refractivity contribution is -0.124. The van der Waals surface area contributed by atoms with E-state index in [4.69, 9.17) is 21.7 Å². The molecule has 0 bridgehead atoms. The van der Waals surface area contributed by atoms with Crippen LogP contribution < -0.4 is 19.7 Å². The Bertz CT molecular complexity index is 1160. The Morgan fingerprint density at radius 1 is 1.09 bits per heavy atom. The molecule has 0 saturated carbocycles. The van der Waals surface area contributed by atoms with E-state index in [1.165, 1.54) is 9.78 Å². The van der Waals surface area contributed by atoms with Crippen LogP contribution in [0.25, 0.3) is 0 Å². The molecule has 1 aliphatic rings. The fourth-order valence-electron chi connectivity index (χ4n) is 3.93. The van der Waals surface area contributed by atoms with E-state index in [2.05, 4.69) is 11.4 Å². The monoisotopic (exact) mass is 509 g/mol. The van der Waals surface area contributed by atoms with Gasteiger partial charge in [-0.15, -0.1) is 11.3 Å². The standard InChI is InChI=1S/C26H27N3O4S2/c1-3-33-21-12-8-19(9-13-21)29-25(31)23(28(26(29)34)15-14-22-5-4-16-35-22)17-24(30)27-18-6-10-20(32-2)11-7-18/h4-13,16,23H,3,14-15,17H2,1-2H3,(H,27,30)/t23-/m0/s1. The number of hydrogen-bond donors (Lipinski definition) is 1. The highest BCUT2D eigenvalue weighted by Crippen LogP contribution is 2.29. The average Bonchev–Trinajstić information content (AvgIpc) is 3.46. The van der Waals surface area contributed by atoms with Gasteiger partial charge in [-0.1, -0.05) is 6.07 Å². The Balaban J connectivity index is 1.52. The van der Waals surface area contributed by atoms with E-state index in [0.29, 0.717) is 35.4 Å². The van der Waals surface area contributed by atoms with Gasteiger partial charge in [0.15, 0.2) is 5.11 Å². The van der Waals surface area contributed by atoms with Gasteiger partial charge in [-0.2, -0.15) is 0 Å². The van der Waals surface area contributed by atoms with Crippen molar-refractivity contribution in [3.8, 4) is 11.5 Å². The number of methoxy groups -OCH3 is 1. The van der Waals surface area contributed by atoms with Gasteiger partial charge in [0, 0.05) is 17.1 Å². The van der Waals surface area contributed by atoms with Crippen LogP contribution in [-0.2, 0) is 16.0 Å². The molecule has 3 aromatic rings. The Labute approximate surface area is 214 Å². The minimum absolute atomic E-state index is 0.0109. The Morgan fingerprint density at radius 3 is 2.43 bits per heavy atom. The number of anilines is 2. The third-order valence-corrected chi connectivity index (χ3v) is 7.01. The number of hydrogen-bond acceptors (Lipinski definition) is 6. The molecule has 2 heterocycles. The average molecular weight is 510 g/mol. The SMILES string of the molecule is CCOc1ccc(N2C(=O)[C@H](CC(=O)Nc3ccc(OC)cc3)N(CCc3cccs3)C2=S)cc1. The van der Waals surface area contributed by atoms with Crippen molar-refractivity contribution < 1.29 is 19.1 Å². The van der Waals surface area contributed by atoms with Crippen molar-refractivity contribution in [3.05, 3.63) is 70.9 Å². The van der Waals surface area contributed by atoms with Crippen molar-refractivity contribution in [2.24, 2.45) is 0 Å². The molecule has 0 unspecified atom stereocenters. The fraction of sp³-hybridized carbons (Fsp3) is 0.269. The molecule has 4 rings (SSSR count). The molecule has 9 heteroatoms. The van der Waals surface area contributed by atoms with E-state index in [1.807, 2.05) is 47.5 Å². The number of nitrogens with zero attached hydrogens (tertiary/aromatic N) is 2. The lowest BCUT2D eigenvalue weighted by Crippen LogP contribution is -2.39. The molecule has 35 heavy (non-hydrogen) atoms. The minimum Gasteiger partial charge on any atom is -0.497 e. The summed E-state index contributed by atoms with van der Waals surface area (Å²) in [6, 6.07) is 17.7. The second-order valence-corrected chi connectivity index (χ2v) is 9.30. The van der Waals surface area contributed by atoms with Gasteiger partial charge in [-0.05, 0) is 85.5 Å². The highest BCUT2D eigenvalue weighted by atomic mass is 32.1. The third-order valence-electron chi connectivity index (χ3n) is 5.66. The summed E-state index contributed by atoms with van der Waals surface area (Å²) in [6.07, 6.45) is 0.724. The largest absolute Gasteiger partial charge is 0.497 e. The summed E-state index contributed by atoms with van der Waals surface area (Å²) >= 11 is 7.40. The minimum atomic E-state index is -0.688. The topological polar surface area (TPSA) is 71.1 Å². The number of ether oxygens (including phenoxy) is 2. The molecule has 1 fully saturated rings. The fourth-order valence-corrected chi connectivity index (χ4v) is 5.04. The Morgan fingerprint density at radius 2 is 1.80 bits per heavy atom. The summed E-state index contributed by atoms with van der Waals surface area (Å²) in [5.41, 5.74) is 1.29. The van der Waals surface area contributed by atoms with Gasteiger partial charge >= 0.3 is 0 Å². The second-order valence-electron chi connectivity index (χ2n) is 7.90. The zero-order valence-corrected chi connectivity index (χ0v) is 21.2. The molecular formula is C26H27N3O4S2. The van der Waals surface area contributed by atoms with Crippen LogP contribution in [0.15, 0.2) is 66.0 Å². The first-order valence-electron chi connectivity index (χ1n) is 11.3. The van der Waals surface area contributed by atoms with Crippen LogP contribution in [-0.4, -0.2) is 48.1 Å². The molecule has 1 N–H and O–H groups in total. The first kappa shape index (κ1) is 24.7. The van der Waals surface area contributed by atoms with Gasteiger partial charge in [0.2, 0.25) is 5.91 Å². The van der Waals surface area contributed by atoms with E-state index in [-0.39, 0.29) is 18.2 Å². The lowest BCUT2D eigenvalue weighted by atomic mass is 10.1. The van der Waals surface area contributed by atoms with E-state index in [0.717, 1.165) is 12.2 Å². The van der Waals surface area contributed by atoms with Crippen LogP contribution >= 0.6 is 23.6 Å². The number of carbonyl (C=O) groups is 2. The van der Waals surface area contributed by atoms with Gasteiger partial charge < -0.3 is 19.7 Å². The molecule has 7 nitrogen and oxygen atoms in total. The molecule has 2 aromatic carbocycles. The Hall–Kier alpha value is -3.43. The van der Waals surface area contributed by atoms with Gasteiger partial charge in [-0.25, -0.2) is 0 Å². The highest BCUT2D eigenvalue weighted by Gasteiger charge is 2.43. The summed E-state index contributed by atoms with van der Waals surface area (Å²) in [5.74, 6) is 0.949. The predicted octanol–water partition coefficient (Wildman–Crippen LogP) is 4.73. The second kappa shape index (κ2) is 11.3. The van der Waals surface area contributed by atoms with Crippen LogP contribution in [0, 0.1) is 0 Å². The maximum atomic E-state index is 13.5. The first-order valence-corrected chi connectivity index (χ1v) is 12.6. The van der Waals surface area contributed by atoms with Crippen molar-refractivity contribution in [3.63, 3.8) is 0 Å². The number of amides is 2. The molecule has 1 saturated heterocycles. The lowest BCUT2D eigenvalue weighted by Gasteiger charge is -2.23. The molecular weight excluding hydrogens is 482 g/mol. The third kappa shape index (κ3) is 5.80. The smallest absolute Gasteiger partial charge is 0.256 e. The summed E-state index contributed by atoms with van der Waals surface area (Å²) in [5, 5.41) is 5.30. The number of carbonyl (C=O) groups excluding carboxylic acids is 2. The van der Waals surface area contributed by atoms with Crippen molar-refractivity contribution in [2.75, 3.05) is 30.5 Å². The van der Waals surface area contributed by atoms with Crippen LogP contribution in [0.5, 0.6) is 11.5 Å². The van der Waals surface area contributed by atoms with Gasteiger partial charge in [-0.3, -0.25) is 14.5 Å². The number of benzene rings is 2. The highest BCUT2D eigenvalue weighted by molar-refractivity contribution is 7.80. The predicted molar refractivity (Wildman–Crippen MR) is 142 cm³/mol. The van der Waals surface area contributed by atoms with Crippen molar-refractivity contribution in [1.29, 1.82) is 0 Å². The molecule has 0 aliphatic carbocycles. The summed E-state index contributed by atoms with van der Waals surface area (Å²) < 4.78 is 10.7. The van der Waals surface area contributed by atoms with Crippen molar-refractivity contribution in [2.45, 2.75) is 25.8 Å². The first-order chi connectivity index (χ1) is 17.0. The molecule has 0 radical (unpaired) electrons. The van der Waals surface area contributed by atoms with Gasteiger partial charge in [0.1, 0.15) is 17.5 Å². The number of nitrogens with one attached hydrogen (secondary N) is 1. The zero-order chi connectivity index (χ0) is 24.8. The Kier molecular flexibility index (Phi) is 7.99. The molecule has 1 atom stereocenters. The van der Waals surface area contributed by atoms with E-state index in [1.54, 1.807) is 42.7 Å². The quantitative estimate of drug-likeness (QED) is 0.399. The van der Waals surface area contributed by atoms with E-state index >= 15 is 0 Å². The molecule has 2 amide bonds. The van der Waals surface area contributed by atoms with E-state index < -0.39 is 6.04 Å². The normalized spacial score (nSPS) is 15.4. The number of rotatable bonds is 10. The van der Waals surface area contributed by atoms with Gasteiger partial charge in [0.05, 0.1) is 25.8 Å². The van der Waals surface area contributed by atoms with Crippen LogP contribution in [0.3, 0.4) is 0 Å². The number of thiocarbonyl (C=S) groups is 1. The molecule has 1 aliphatic heterocycles. The maximum absolute atomic E-state index is 13.5. The summed E-state index contributed by atoms with van der Waals surface area (Å²) in [4.78, 5) is 31.0. The molecule has 0 spiro atoms. The molecule has 1 aromatic heterocycles. The van der Waals surface area contributed by atoms with Crippen LogP contribution in [0.1, 0.15) is 18.2 Å². The van der Waals surface area contributed by atoms with Crippen LogP contribution in [0.4, 0.5) is 11.4 Å². The maximum Gasteiger partial charge on any atom is 0.256 e. The molecule has 182 valence electrons. The van der Waals surface area contributed by atoms with Gasteiger partial charge in [0.25, 0.3) is 5.91 Å². The van der Waals surface area contributed by atoms with Crippen molar-refractivity contribution in [1.82, 2.24) is 4.90 Å². The number of thiophene rings is 1. The van der Waals surface area contributed by atoms with Crippen molar-refractivity contribution >= 4 is 51.9 Å². The summed E-state index contributed by atoms with van der Waals surface area (Å²) in [6.45, 7) is 3.02. The summed E-state index contributed by atoms with van der Waals surface area (Å²) in [7, 11) is 1.59.